The van der Waals surface area contributed by atoms with Gasteiger partial charge in [0.05, 0.1) is 25.7 Å². The first-order valence-corrected chi connectivity index (χ1v) is 19.7. The highest BCUT2D eigenvalue weighted by atomic mass is 16.6. The maximum Gasteiger partial charge on any atom is 0.407 e. The van der Waals surface area contributed by atoms with Crippen LogP contribution < -0.4 is 37.6 Å². The largest absolute Gasteiger partial charge is 0.449 e. The van der Waals surface area contributed by atoms with Crippen molar-refractivity contribution in [2.75, 3.05) is 19.8 Å². The molecule has 0 bridgehead atoms. The Bertz CT molecular complexity index is 1870. The molecule has 1 aliphatic heterocycles. The van der Waals surface area contributed by atoms with Gasteiger partial charge in [0.25, 0.3) is 0 Å². The Morgan fingerprint density at radius 3 is 1.85 bits per heavy atom. The molecule has 334 valence electrons. The molecule has 4 rings (SSSR count). The minimum Gasteiger partial charge on any atom is -0.449 e. The highest BCUT2D eigenvalue weighted by Gasteiger charge is 2.46. The topological polar surface area (TPSA) is 337 Å². The van der Waals surface area contributed by atoms with Gasteiger partial charge in [-0.1, -0.05) is 62.4 Å². The summed E-state index contributed by atoms with van der Waals surface area (Å²) in [4.78, 5) is 91.4. The normalized spacial score (nSPS) is 21.9. The lowest BCUT2D eigenvalue weighted by Gasteiger charge is -2.42. The van der Waals surface area contributed by atoms with Gasteiger partial charge in [-0.25, -0.2) is 4.79 Å². The van der Waals surface area contributed by atoms with Crippen LogP contribution >= 0.6 is 0 Å². The van der Waals surface area contributed by atoms with E-state index >= 15 is 0 Å². The van der Waals surface area contributed by atoms with Gasteiger partial charge in [-0.05, 0) is 41.5 Å². The van der Waals surface area contributed by atoms with Crippen molar-refractivity contribution >= 4 is 41.5 Å². The second-order valence-electron chi connectivity index (χ2n) is 15.3. The summed E-state index contributed by atoms with van der Waals surface area (Å²) >= 11 is 0. The van der Waals surface area contributed by atoms with E-state index in [1.54, 1.807) is 13.8 Å². The van der Waals surface area contributed by atoms with E-state index in [1.807, 2.05) is 48.5 Å². The van der Waals surface area contributed by atoms with Crippen LogP contribution in [0.4, 0.5) is 4.79 Å². The maximum absolute atomic E-state index is 13.9. The van der Waals surface area contributed by atoms with E-state index in [9.17, 15) is 59.1 Å². The van der Waals surface area contributed by atoms with Crippen LogP contribution in [0.3, 0.4) is 0 Å². The lowest BCUT2D eigenvalue weighted by atomic mass is 9.95. The monoisotopic (exact) mass is 857 g/mol. The number of alkyl carbamates (subject to hydrolysis) is 1. The van der Waals surface area contributed by atoms with Crippen molar-refractivity contribution in [3.8, 4) is 11.1 Å². The molecule has 21 nitrogen and oxygen atoms in total. The van der Waals surface area contributed by atoms with Gasteiger partial charge in [-0.2, -0.15) is 0 Å². The minimum absolute atomic E-state index is 0.0462. The number of carbonyl (C=O) groups is 7. The first-order valence-electron chi connectivity index (χ1n) is 19.7. The van der Waals surface area contributed by atoms with E-state index < -0.39 is 122 Å². The van der Waals surface area contributed by atoms with E-state index in [0.717, 1.165) is 29.2 Å². The number of fused-ring (bicyclic) bond motifs is 3. The van der Waals surface area contributed by atoms with Gasteiger partial charge in [0.1, 0.15) is 55.1 Å². The predicted octanol–water partition coefficient (Wildman–Crippen LogP) is -3.30. The highest BCUT2D eigenvalue weighted by molar-refractivity contribution is 5.97. The first kappa shape index (κ1) is 48.0. The van der Waals surface area contributed by atoms with Gasteiger partial charge in [0, 0.05) is 12.8 Å². The fourth-order valence-electron chi connectivity index (χ4n) is 7.16. The third kappa shape index (κ3) is 12.4. The number of hydrogen-bond acceptors (Lipinski definition) is 14. The second kappa shape index (κ2) is 21.7. The summed E-state index contributed by atoms with van der Waals surface area (Å²) in [6.07, 6.45) is -9.91. The van der Waals surface area contributed by atoms with Crippen molar-refractivity contribution in [1.29, 1.82) is 0 Å². The summed E-state index contributed by atoms with van der Waals surface area (Å²) < 4.78 is 11.0. The lowest BCUT2D eigenvalue weighted by molar-refractivity contribution is -0.203. The van der Waals surface area contributed by atoms with Crippen molar-refractivity contribution in [2.45, 2.75) is 107 Å². The Labute approximate surface area is 351 Å². The van der Waals surface area contributed by atoms with E-state index in [0.29, 0.717) is 0 Å². The van der Waals surface area contributed by atoms with Crippen molar-refractivity contribution in [3.05, 3.63) is 59.7 Å². The van der Waals surface area contributed by atoms with Crippen LogP contribution in [0.25, 0.3) is 11.1 Å². The highest BCUT2D eigenvalue weighted by Crippen LogP contribution is 2.44. The van der Waals surface area contributed by atoms with E-state index in [4.69, 9.17) is 15.2 Å². The zero-order valence-corrected chi connectivity index (χ0v) is 34.1. The van der Waals surface area contributed by atoms with Crippen LogP contribution in [0.1, 0.15) is 57.6 Å². The van der Waals surface area contributed by atoms with Crippen molar-refractivity contribution < 1.29 is 68.6 Å². The third-order valence-electron chi connectivity index (χ3n) is 10.2. The standard InChI is InChI=1S/C40H55N7O14/c1-18(2)13-26(37(57)47-31(19(3)50)35(41)55)43-36(56)27(14-30(52)46-39-32(42-20(4)51)34(54)33(53)29(16-49)61-39)44-38(58)28(15-48)45-40(59)60-17-25-23-11-7-5-9-21(23)22-10-6-8-12-24(22)25/h5-12,18-19,25-29,31-34,39,48-50,53-54H,13-17H2,1-4H3,(H2,41,55)(H,42,51)(H,43,56)(H,44,58)(H,45,59)(H,46,52)(H,47,57)/t19-,26+,27+,28+,29-,31+,32-,33-,34-,39-/m1/s1. The first-order chi connectivity index (χ1) is 28.9. The Hall–Kier alpha value is -5.71. The van der Waals surface area contributed by atoms with E-state index in [2.05, 4.69) is 31.9 Å². The number of primary amides is 1. The molecule has 2 aliphatic rings. The number of carbonyl (C=O) groups excluding carboxylic acids is 7. The molecule has 61 heavy (non-hydrogen) atoms. The lowest BCUT2D eigenvalue weighted by Crippen LogP contribution is -2.68. The van der Waals surface area contributed by atoms with Crippen LogP contribution in [0.5, 0.6) is 0 Å². The Balaban J connectivity index is 1.54. The molecule has 21 heteroatoms. The number of hydrogen-bond donors (Lipinski definition) is 12. The molecule has 0 spiro atoms. The van der Waals surface area contributed by atoms with Gasteiger partial charge >= 0.3 is 6.09 Å². The van der Waals surface area contributed by atoms with Crippen LogP contribution in [0.15, 0.2) is 48.5 Å². The summed E-state index contributed by atoms with van der Waals surface area (Å²) in [5.41, 5.74) is 9.11. The molecule has 10 atom stereocenters. The number of aliphatic hydroxyl groups is 5. The van der Waals surface area contributed by atoms with Gasteiger partial charge < -0.3 is 72.6 Å². The third-order valence-corrected chi connectivity index (χ3v) is 10.2. The molecule has 0 saturated carbocycles. The summed E-state index contributed by atoms with van der Waals surface area (Å²) in [5.74, 6) is -6.65. The summed E-state index contributed by atoms with van der Waals surface area (Å²) in [7, 11) is 0. The summed E-state index contributed by atoms with van der Waals surface area (Å²) in [6.45, 7) is 3.78. The maximum atomic E-state index is 13.9. The molecule has 0 radical (unpaired) electrons. The summed E-state index contributed by atoms with van der Waals surface area (Å²) in [6, 6.07) is 7.15. The molecular weight excluding hydrogens is 802 g/mol. The van der Waals surface area contributed by atoms with Crippen LogP contribution in [-0.2, 0) is 38.2 Å². The average molecular weight is 858 g/mol. The molecule has 1 fully saturated rings. The molecular formula is C40H55N7O14. The molecule has 0 aromatic heterocycles. The molecule has 7 amide bonds. The Morgan fingerprint density at radius 1 is 0.770 bits per heavy atom. The number of benzene rings is 2. The molecule has 2 aromatic carbocycles. The molecule has 0 unspecified atom stereocenters. The fourth-order valence-corrected chi connectivity index (χ4v) is 7.16. The van der Waals surface area contributed by atoms with Crippen molar-refractivity contribution in [2.24, 2.45) is 11.7 Å². The van der Waals surface area contributed by atoms with Gasteiger partial charge in [0.15, 0.2) is 6.23 Å². The average Bonchev–Trinajstić information content (AvgIpc) is 3.52. The number of ether oxygens (including phenoxy) is 2. The molecule has 1 saturated heterocycles. The number of amides is 7. The van der Waals surface area contributed by atoms with Crippen molar-refractivity contribution in [1.82, 2.24) is 31.9 Å². The quantitative estimate of drug-likeness (QED) is 0.0659. The Kier molecular flexibility index (Phi) is 17.1. The fraction of sp³-hybridized carbons (Fsp3) is 0.525. The zero-order valence-electron chi connectivity index (χ0n) is 34.1. The van der Waals surface area contributed by atoms with Crippen LogP contribution in [-0.4, -0.2) is 148 Å². The number of nitrogens with two attached hydrogens (primary N) is 1. The summed E-state index contributed by atoms with van der Waals surface area (Å²) in [5, 5.41) is 64.9. The molecule has 1 aliphatic carbocycles. The second-order valence-corrected chi connectivity index (χ2v) is 15.3. The smallest absolute Gasteiger partial charge is 0.407 e. The number of aliphatic hydroxyl groups excluding tert-OH is 5. The van der Waals surface area contributed by atoms with Gasteiger partial charge in [0.2, 0.25) is 35.4 Å². The zero-order chi connectivity index (χ0) is 45.1. The van der Waals surface area contributed by atoms with Crippen LogP contribution in [0, 0.1) is 5.92 Å². The van der Waals surface area contributed by atoms with E-state index in [1.165, 1.54) is 6.92 Å². The molecule has 13 N–H and O–H groups in total. The minimum atomic E-state index is -1.87. The van der Waals surface area contributed by atoms with Gasteiger partial charge in [-0.15, -0.1) is 0 Å². The number of nitrogens with one attached hydrogen (secondary N) is 6. The van der Waals surface area contributed by atoms with Crippen molar-refractivity contribution in [3.63, 3.8) is 0 Å². The predicted molar refractivity (Wildman–Crippen MR) is 213 cm³/mol. The van der Waals surface area contributed by atoms with Crippen LogP contribution in [0.2, 0.25) is 0 Å². The van der Waals surface area contributed by atoms with Gasteiger partial charge in [-0.3, -0.25) is 28.8 Å². The number of rotatable bonds is 19. The molecule has 2 aromatic rings. The Morgan fingerprint density at radius 2 is 1.33 bits per heavy atom. The molecule has 1 heterocycles. The SMILES string of the molecule is CC(=O)N[C@@H]1[C@@H](O)[C@H](O)[C@@H](CO)O[C@H]1NC(=O)C[C@H](NC(=O)[C@H](CO)NC(=O)OCC1c2ccccc2-c2ccccc21)C(=O)N[C@@H](CC(C)C)C(=O)N[C@H](C(N)=O)[C@@H](C)O. The van der Waals surface area contributed by atoms with E-state index in [-0.39, 0.29) is 24.9 Å².